The third-order valence-corrected chi connectivity index (χ3v) is 3.52. The van der Waals surface area contributed by atoms with Crippen molar-refractivity contribution in [2.45, 2.75) is 12.1 Å². The van der Waals surface area contributed by atoms with E-state index in [2.05, 4.69) is 5.32 Å². The minimum absolute atomic E-state index is 0.0148. The normalized spacial score (nSPS) is 13.4. The molecule has 0 heterocycles. The zero-order chi connectivity index (χ0) is 18.6. The second-order valence-corrected chi connectivity index (χ2v) is 5.34. The molecule has 2 aromatic rings. The van der Waals surface area contributed by atoms with Gasteiger partial charge in [-0.3, -0.25) is 4.79 Å². The van der Waals surface area contributed by atoms with E-state index in [1.807, 2.05) is 0 Å². The first-order chi connectivity index (χ1) is 11.8. The van der Waals surface area contributed by atoms with Gasteiger partial charge in [0.2, 0.25) is 0 Å². The van der Waals surface area contributed by atoms with Crippen molar-refractivity contribution in [1.82, 2.24) is 5.32 Å². The summed E-state index contributed by atoms with van der Waals surface area (Å²) in [7, 11) is 1.20. The number of ether oxygens (including phenoxy) is 1. The summed E-state index contributed by atoms with van der Waals surface area (Å²) in [6, 6.07) is 4.58. The number of carbonyl (C=O) groups excluding carboxylic acids is 1. The van der Waals surface area contributed by atoms with Gasteiger partial charge in [0.15, 0.2) is 6.10 Å². The number of nitrogens with two attached hydrogens (primary N) is 1. The van der Waals surface area contributed by atoms with E-state index < -0.39 is 41.3 Å². The number of hydrogen-bond acceptors (Lipinski definition) is 3. The van der Waals surface area contributed by atoms with Crippen molar-refractivity contribution in [2.24, 2.45) is 5.73 Å². The first kappa shape index (κ1) is 18.9. The second kappa shape index (κ2) is 8.09. The van der Waals surface area contributed by atoms with E-state index in [-0.39, 0.29) is 17.7 Å². The van der Waals surface area contributed by atoms with Crippen LogP contribution >= 0.6 is 0 Å². The summed E-state index contributed by atoms with van der Waals surface area (Å²) in [5.41, 5.74) is 5.79. The molecule has 0 aliphatic carbocycles. The Morgan fingerprint density at radius 3 is 2.28 bits per heavy atom. The number of rotatable bonds is 6. The van der Waals surface area contributed by atoms with Crippen molar-refractivity contribution in [3.05, 3.63) is 70.8 Å². The van der Waals surface area contributed by atoms with Gasteiger partial charge in [0, 0.05) is 31.4 Å². The van der Waals surface area contributed by atoms with E-state index in [1.165, 1.54) is 13.2 Å². The predicted molar refractivity (Wildman–Crippen MR) is 82.4 cm³/mol. The van der Waals surface area contributed by atoms with Gasteiger partial charge in [-0.05, 0) is 23.8 Å². The number of carbonyl (C=O) groups is 1. The van der Waals surface area contributed by atoms with Gasteiger partial charge in [-0.1, -0.05) is 6.07 Å². The number of methoxy groups -OCH3 is 1. The smallest absolute Gasteiger partial charge is 0.253 e. The molecule has 0 saturated heterocycles. The lowest BCUT2D eigenvalue weighted by Crippen LogP contribution is -2.36. The Labute approximate surface area is 141 Å². The number of amides is 1. The standard InChI is InChI=1S/C17H16F4N2O2/c1-25-16(9-4-11(19)6-12(20)5-9)17(24)23-8-15(22)13-3-2-10(18)7-14(13)21/h2-7,15-16H,8,22H2,1H3,(H,23,24). The van der Waals surface area contributed by atoms with Crippen molar-refractivity contribution in [3.8, 4) is 0 Å². The minimum Gasteiger partial charge on any atom is -0.367 e. The zero-order valence-corrected chi connectivity index (χ0v) is 13.2. The highest BCUT2D eigenvalue weighted by molar-refractivity contribution is 5.82. The quantitative estimate of drug-likeness (QED) is 0.783. The molecule has 2 atom stereocenters. The van der Waals surface area contributed by atoms with Crippen LogP contribution < -0.4 is 11.1 Å². The molecule has 0 aliphatic rings. The molecule has 134 valence electrons. The number of hydrogen-bond donors (Lipinski definition) is 2. The van der Waals surface area contributed by atoms with E-state index in [0.717, 1.165) is 18.2 Å². The molecule has 4 nitrogen and oxygen atoms in total. The summed E-state index contributed by atoms with van der Waals surface area (Å²) in [6.45, 7) is -0.182. The van der Waals surface area contributed by atoms with Crippen LogP contribution in [-0.2, 0) is 9.53 Å². The van der Waals surface area contributed by atoms with E-state index in [4.69, 9.17) is 10.5 Å². The molecule has 0 bridgehead atoms. The molecule has 2 aromatic carbocycles. The van der Waals surface area contributed by atoms with Gasteiger partial charge in [0.1, 0.15) is 23.3 Å². The van der Waals surface area contributed by atoms with Crippen molar-refractivity contribution in [2.75, 3.05) is 13.7 Å². The van der Waals surface area contributed by atoms with Crippen LogP contribution in [0.15, 0.2) is 36.4 Å². The lowest BCUT2D eigenvalue weighted by molar-refractivity contribution is -0.131. The maximum absolute atomic E-state index is 13.7. The van der Waals surface area contributed by atoms with Crippen LogP contribution in [0.2, 0.25) is 0 Å². The number of halogens is 4. The predicted octanol–water partition coefficient (Wildman–Crippen LogP) is 2.75. The van der Waals surface area contributed by atoms with Crippen LogP contribution in [0.4, 0.5) is 17.6 Å². The first-order valence-electron chi connectivity index (χ1n) is 7.29. The summed E-state index contributed by atoms with van der Waals surface area (Å²) in [6.07, 6.45) is -1.27. The van der Waals surface area contributed by atoms with Gasteiger partial charge in [-0.25, -0.2) is 17.6 Å². The molecule has 0 spiro atoms. The molecule has 0 saturated carbocycles. The monoisotopic (exact) mass is 356 g/mol. The average molecular weight is 356 g/mol. The topological polar surface area (TPSA) is 64.3 Å². The van der Waals surface area contributed by atoms with E-state index in [1.54, 1.807) is 0 Å². The molecule has 0 aromatic heterocycles. The lowest BCUT2D eigenvalue weighted by Gasteiger charge is -2.18. The minimum atomic E-state index is -1.27. The Balaban J connectivity index is 2.06. The van der Waals surface area contributed by atoms with Crippen LogP contribution in [0, 0.1) is 23.3 Å². The average Bonchev–Trinajstić information content (AvgIpc) is 2.52. The molecular weight excluding hydrogens is 340 g/mol. The Bertz CT molecular complexity index is 750. The molecule has 0 fully saturated rings. The Morgan fingerprint density at radius 1 is 1.08 bits per heavy atom. The highest BCUT2D eigenvalue weighted by atomic mass is 19.1. The molecule has 3 N–H and O–H groups in total. The highest BCUT2D eigenvalue weighted by Crippen LogP contribution is 2.20. The fourth-order valence-corrected chi connectivity index (χ4v) is 2.34. The SMILES string of the molecule is COC(C(=O)NCC(N)c1ccc(F)cc1F)c1cc(F)cc(F)c1. The largest absolute Gasteiger partial charge is 0.367 e. The lowest BCUT2D eigenvalue weighted by atomic mass is 10.1. The maximum atomic E-state index is 13.7. The van der Waals surface area contributed by atoms with Crippen LogP contribution in [0.5, 0.6) is 0 Å². The van der Waals surface area contributed by atoms with Crippen LogP contribution in [0.3, 0.4) is 0 Å². The van der Waals surface area contributed by atoms with Gasteiger partial charge in [0.05, 0.1) is 6.04 Å². The Morgan fingerprint density at radius 2 is 1.72 bits per heavy atom. The van der Waals surface area contributed by atoms with E-state index in [0.29, 0.717) is 12.1 Å². The maximum Gasteiger partial charge on any atom is 0.253 e. The third kappa shape index (κ3) is 4.77. The summed E-state index contributed by atoms with van der Waals surface area (Å²) in [4.78, 5) is 12.2. The second-order valence-electron chi connectivity index (χ2n) is 5.34. The van der Waals surface area contributed by atoms with E-state index >= 15 is 0 Å². The molecular formula is C17H16F4N2O2. The van der Waals surface area contributed by atoms with Crippen LogP contribution in [0.25, 0.3) is 0 Å². The first-order valence-corrected chi connectivity index (χ1v) is 7.29. The summed E-state index contributed by atoms with van der Waals surface area (Å²) >= 11 is 0. The van der Waals surface area contributed by atoms with Gasteiger partial charge in [-0.2, -0.15) is 0 Å². The van der Waals surface area contributed by atoms with Crippen molar-refractivity contribution in [1.29, 1.82) is 0 Å². The molecule has 2 unspecified atom stereocenters. The Hall–Kier alpha value is -2.45. The van der Waals surface area contributed by atoms with E-state index in [9.17, 15) is 22.4 Å². The van der Waals surface area contributed by atoms with Gasteiger partial charge >= 0.3 is 0 Å². The number of benzene rings is 2. The number of nitrogens with one attached hydrogen (secondary N) is 1. The third-order valence-electron chi connectivity index (χ3n) is 3.52. The summed E-state index contributed by atoms with van der Waals surface area (Å²) in [5.74, 6) is -3.99. The molecule has 0 aliphatic heterocycles. The fraction of sp³-hybridized carbons (Fsp3) is 0.235. The fourth-order valence-electron chi connectivity index (χ4n) is 2.34. The summed E-state index contributed by atoms with van der Waals surface area (Å²) < 4.78 is 58.1. The summed E-state index contributed by atoms with van der Waals surface area (Å²) in [5, 5.41) is 2.42. The van der Waals surface area contributed by atoms with Crippen molar-refractivity contribution < 1.29 is 27.1 Å². The molecule has 25 heavy (non-hydrogen) atoms. The Kier molecular flexibility index (Phi) is 6.11. The van der Waals surface area contributed by atoms with Crippen molar-refractivity contribution >= 4 is 5.91 Å². The van der Waals surface area contributed by atoms with Crippen LogP contribution in [0.1, 0.15) is 23.3 Å². The van der Waals surface area contributed by atoms with Gasteiger partial charge in [0.25, 0.3) is 5.91 Å². The van der Waals surface area contributed by atoms with Crippen LogP contribution in [-0.4, -0.2) is 19.6 Å². The van der Waals surface area contributed by atoms with Crippen molar-refractivity contribution in [3.63, 3.8) is 0 Å². The zero-order valence-electron chi connectivity index (χ0n) is 13.2. The molecule has 2 rings (SSSR count). The van der Waals surface area contributed by atoms with Gasteiger partial charge in [-0.15, -0.1) is 0 Å². The molecule has 1 amide bonds. The molecule has 8 heteroatoms. The van der Waals surface area contributed by atoms with Gasteiger partial charge < -0.3 is 15.8 Å². The molecule has 0 radical (unpaired) electrons. The highest BCUT2D eigenvalue weighted by Gasteiger charge is 2.22.